The van der Waals surface area contributed by atoms with Gasteiger partial charge in [-0.25, -0.2) is 0 Å². The van der Waals surface area contributed by atoms with Crippen LogP contribution in [0.15, 0.2) is 23.3 Å². The van der Waals surface area contributed by atoms with Crippen LogP contribution in [0.3, 0.4) is 0 Å². The van der Waals surface area contributed by atoms with Gasteiger partial charge in [-0.1, -0.05) is 23.2 Å². The van der Waals surface area contributed by atoms with Crippen molar-refractivity contribution < 1.29 is 4.74 Å². The Hall–Kier alpha value is -0.880. The first-order valence-corrected chi connectivity index (χ1v) is 7.15. The van der Waals surface area contributed by atoms with Gasteiger partial charge in [0.25, 0.3) is 0 Å². The van der Waals surface area contributed by atoms with Crippen LogP contribution in [0.4, 0.5) is 0 Å². The number of nitrogens with zero attached hydrogens (tertiary/aromatic N) is 1. The topological polar surface area (TPSA) is 45.6 Å². The lowest BCUT2D eigenvalue weighted by Crippen LogP contribution is -2.40. The van der Waals surface area contributed by atoms with Crippen LogP contribution >= 0.6 is 35.4 Å². The molecule has 0 radical (unpaired) electrons. The van der Waals surface area contributed by atoms with Crippen LogP contribution in [0.1, 0.15) is 19.4 Å². The molecule has 0 aliphatic rings. The molecule has 1 rings (SSSR count). The Morgan fingerprint density at radius 3 is 2.80 bits per heavy atom. The molecule has 0 aliphatic heterocycles. The van der Waals surface area contributed by atoms with Crippen molar-refractivity contribution in [2.24, 2.45) is 5.10 Å². The minimum absolute atomic E-state index is 0.102. The van der Waals surface area contributed by atoms with E-state index in [1.54, 1.807) is 25.3 Å². The zero-order valence-electron chi connectivity index (χ0n) is 11.5. The Kier molecular flexibility index (Phi) is 7.23. The number of nitrogens with one attached hydrogen (secondary N) is 2. The van der Waals surface area contributed by atoms with Crippen LogP contribution in [-0.4, -0.2) is 30.6 Å². The summed E-state index contributed by atoms with van der Waals surface area (Å²) >= 11 is 17.2. The maximum atomic E-state index is 6.10. The molecule has 0 fully saturated rings. The molecule has 1 atom stereocenters. The standard InChI is InChI=1S/C13H17Cl2N3OS/c1-8(7-19-3)16-13(20)18-17-9(2)11-6-10(14)4-5-12(11)15/h4-6,8H,7H2,1-3H3,(H2,16,18,20)/b17-9-/t8-/m0/s1. The van der Waals surface area contributed by atoms with Gasteiger partial charge >= 0.3 is 0 Å². The van der Waals surface area contributed by atoms with Crippen molar-refractivity contribution in [3.63, 3.8) is 0 Å². The lowest BCUT2D eigenvalue weighted by Gasteiger charge is -2.14. The molecule has 0 bridgehead atoms. The molecule has 4 nitrogen and oxygen atoms in total. The van der Waals surface area contributed by atoms with Gasteiger partial charge in [0.2, 0.25) is 0 Å². The van der Waals surface area contributed by atoms with Crippen LogP contribution in [-0.2, 0) is 4.74 Å². The van der Waals surface area contributed by atoms with Crippen molar-refractivity contribution in [3.05, 3.63) is 33.8 Å². The first-order valence-electron chi connectivity index (χ1n) is 5.99. The molecule has 0 heterocycles. The number of methoxy groups -OCH3 is 1. The number of hydrogen-bond donors (Lipinski definition) is 2. The number of benzene rings is 1. The minimum atomic E-state index is 0.102. The fourth-order valence-corrected chi connectivity index (χ4v) is 2.19. The Balaban J connectivity index is 2.65. The average Bonchev–Trinajstić information content (AvgIpc) is 2.39. The molecule has 110 valence electrons. The van der Waals surface area contributed by atoms with Crippen LogP contribution in [0.5, 0.6) is 0 Å². The molecule has 0 aliphatic carbocycles. The van der Waals surface area contributed by atoms with E-state index in [1.807, 2.05) is 13.8 Å². The molecular formula is C13H17Cl2N3OS. The third kappa shape index (κ3) is 5.63. The van der Waals surface area contributed by atoms with Crippen molar-refractivity contribution in [1.82, 2.24) is 10.7 Å². The third-order valence-corrected chi connectivity index (χ3v) is 3.21. The zero-order valence-corrected chi connectivity index (χ0v) is 13.9. The van der Waals surface area contributed by atoms with E-state index in [4.69, 9.17) is 40.2 Å². The molecule has 0 unspecified atom stereocenters. The Bertz CT molecular complexity index is 508. The quantitative estimate of drug-likeness (QED) is 0.493. The second-order valence-corrected chi connectivity index (χ2v) is 5.51. The molecular weight excluding hydrogens is 317 g/mol. The van der Waals surface area contributed by atoms with Gasteiger partial charge < -0.3 is 10.1 Å². The molecule has 0 saturated carbocycles. The smallest absolute Gasteiger partial charge is 0.187 e. The van der Waals surface area contributed by atoms with Crippen molar-refractivity contribution in [2.75, 3.05) is 13.7 Å². The maximum Gasteiger partial charge on any atom is 0.187 e. The summed E-state index contributed by atoms with van der Waals surface area (Å²) in [5.74, 6) is 0. The maximum absolute atomic E-state index is 6.10. The number of halogens is 2. The molecule has 1 aromatic rings. The second-order valence-electron chi connectivity index (χ2n) is 4.26. The highest BCUT2D eigenvalue weighted by Crippen LogP contribution is 2.21. The van der Waals surface area contributed by atoms with Crippen molar-refractivity contribution in [1.29, 1.82) is 0 Å². The van der Waals surface area contributed by atoms with Crippen LogP contribution < -0.4 is 10.7 Å². The highest BCUT2D eigenvalue weighted by Gasteiger charge is 2.06. The zero-order chi connectivity index (χ0) is 15.1. The van der Waals surface area contributed by atoms with Gasteiger partial charge in [-0.15, -0.1) is 0 Å². The van der Waals surface area contributed by atoms with E-state index in [1.165, 1.54) is 0 Å². The monoisotopic (exact) mass is 333 g/mol. The molecule has 7 heteroatoms. The minimum Gasteiger partial charge on any atom is -0.383 e. The third-order valence-electron chi connectivity index (χ3n) is 2.44. The first kappa shape index (κ1) is 17.2. The predicted octanol–water partition coefficient (Wildman–Crippen LogP) is 3.22. The number of thiocarbonyl (C=S) groups is 1. The van der Waals surface area contributed by atoms with Crippen LogP contribution in [0.25, 0.3) is 0 Å². The lowest BCUT2D eigenvalue weighted by atomic mass is 10.1. The summed E-state index contributed by atoms with van der Waals surface area (Å²) < 4.78 is 5.01. The SMILES string of the molecule is COC[C@H](C)NC(=S)N/N=C(/C)c1cc(Cl)ccc1Cl. The van der Waals surface area contributed by atoms with Gasteiger partial charge in [-0.2, -0.15) is 5.10 Å². The van der Waals surface area contributed by atoms with Gasteiger partial charge in [0.1, 0.15) is 0 Å². The summed E-state index contributed by atoms with van der Waals surface area (Å²) in [4.78, 5) is 0. The summed E-state index contributed by atoms with van der Waals surface area (Å²) in [5.41, 5.74) is 4.23. The van der Waals surface area contributed by atoms with Gasteiger partial charge in [0, 0.05) is 28.8 Å². The van der Waals surface area contributed by atoms with Gasteiger partial charge in [-0.3, -0.25) is 5.43 Å². The Labute approximate surface area is 134 Å². The van der Waals surface area contributed by atoms with E-state index in [0.717, 1.165) is 5.56 Å². The van der Waals surface area contributed by atoms with Crippen molar-refractivity contribution in [2.45, 2.75) is 19.9 Å². The lowest BCUT2D eigenvalue weighted by molar-refractivity contribution is 0.179. The normalized spacial score (nSPS) is 12.9. The van der Waals surface area contributed by atoms with Crippen LogP contribution in [0, 0.1) is 0 Å². The van der Waals surface area contributed by atoms with Gasteiger partial charge in [0.05, 0.1) is 12.3 Å². The number of ether oxygens (including phenoxy) is 1. The van der Waals surface area contributed by atoms with E-state index in [-0.39, 0.29) is 6.04 Å². The molecule has 20 heavy (non-hydrogen) atoms. The summed E-state index contributed by atoms with van der Waals surface area (Å²) in [6.07, 6.45) is 0. The van der Waals surface area contributed by atoms with E-state index in [2.05, 4.69) is 15.8 Å². The van der Waals surface area contributed by atoms with Crippen molar-refractivity contribution >= 4 is 46.2 Å². The fraction of sp³-hybridized carbons (Fsp3) is 0.385. The van der Waals surface area contributed by atoms with E-state index in [9.17, 15) is 0 Å². The largest absolute Gasteiger partial charge is 0.383 e. The molecule has 1 aromatic carbocycles. The summed E-state index contributed by atoms with van der Waals surface area (Å²) in [5, 5.41) is 8.85. The number of hydrazone groups is 1. The van der Waals surface area contributed by atoms with Crippen molar-refractivity contribution in [3.8, 4) is 0 Å². The predicted molar refractivity (Wildman–Crippen MR) is 88.9 cm³/mol. The second kappa shape index (κ2) is 8.42. The Morgan fingerprint density at radius 1 is 1.45 bits per heavy atom. The number of hydrogen-bond acceptors (Lipinski definition) is 3. The van der Waals surface area contributed by atoms with Gasteiger partial charge in [0.15, 0.2) is 5.11 Å². The molecule has 2 N–H and O–H groups in total. The van der Waals surface area contributed by atoms with Gasteiger partial charge in [-0.05, 0) is 44.3 Å². The summed E-state index contributed by atoms with van der Waals surface area (Å²) in [6, 6.07) is 5.32. The van der Waals surface area contributed by atoms with E-state index >= 15 is 0 Å². The average molecular weight is 334 g/mol. The highest BCUT2D eigenvalue weighted by molar-refractivity contribution is 7.80. The van der Waals surface area contributed by atoms with E-state index in [0.29, 0.717) is 27.5 Å². The summed E-state index contributed by atoms with van der Waals surface area (Å²) in [6.45, 7) is 4.35. The number of rotatable bonds is 5. The van der Waals surface area contributed by atoms with E-state index < -0.39 is 0 Å². The van der Waals surface area contributed by atoms with Crippen LogP contribution in [0.2, 0.25) is 10.0 Å². The molecule has 0 amide bonds. The first-order chi connectivity index (χ1) is 9.43. The molecule has 0 aromatic heterocycles. The fourth-order valence-electron chi connectivity index (χ4n) is 1.52. The Morgan fingerprint density at radius 2 is 2.15 bits per heavy atom. The molecule has 0 spiro atoms. The highest BCUT2D eigenvalue weighted by atomic mass is 35.5. The summed E-state index contributed by atoms with van der Waals surface area (Å²) in [7, 11) is 1.64. The molecule has 0 saturated heterocycles.